The minimum atomic E-state index is -0.236. The summed E-state index contributed by atoms with van der Waals surface area (Å²) in [5, 5.41) is 0. The number of benzene rings is 1. The van der Waals surface area contributed by atoms with E-state index in [0.29, 0.717) is 17.1 Å². The fourth-order valence-electron chi connectivity index (χ4n) is 2.92. The lowest BCUT2D eigenvalue weighted by atomic mass is 9.96. The first-order chi connectivity index (χ1) is 12.1. The van der Waals surface area contributed by atoms with Gasteiger partial charge in [0.05, 0.1) is 6.04 Å². The molecule has 0 radical (unpaired) electrons. The number of carbonyl (C=O) groups excluding carboxylic acids is 1. The molecule has 1 aromatic carbocycles. The lowest BCUT2D eigenvalue weighted by Gasteiger charge is -2.30. The van der Waals surface area contributed by atoms with Crippen LogP contribution in [0.15, 0.2) is 42.7 Å². The van der Waals surface area contributed by atoms with Gasteiger partial charge in [0.15, 0.2) is 11.5 Å². The second-order valence-electron chi connectivity index (χ2n) is 6.21. The highest BCUT2D eigenvalue weighted by Crippen LogP contribution is 2.32. The van der Waals surface area contributed by atoms with Crippen LogP contribution >= 0.6 is 0 Å². The molecule has 0 unspecified atom stereocenters. The van der Waals surface area contributed by atoms with E-state index >= 15 is 0 Å². The molecule has 0 aliphatic carbocycles. The van der Waals surface area contributed by atoms with Gasteiger partial charge in [-0.05, 0) is 35.7 Å². The number of amides is 1. The van der Waals surface area contributed by atoms with Crippen LogP contribution in [0.2, 0.25) is 0 Å². The van der Waals surface area contributed by atoms with Crippen molar-refractivity contribution in [2.24, 2.45) is 5.92 Å². The molecule has 2 heterocycles. The van der Waals surface area contributed by atoms with Crippen LogP contribution in [0.5, 0.6) is 11.5 Å². The molecule has 0 spiro atoms. The van der Waals surface area contributed by atoms with Gasteiger partial charge in [-0.2, -0.15) is 0 Å². The lowest BCUT2D eigenvalue weighted by Crippen LogP contribution is -2.33. The second kappa shape index (κ2) is 7.27. The van der Waals surface area contributed by atoms with Crippen LogP contribution in [-0.4, -0.2) is 29.6 Å². The molecule has 0 bridgehead atoms. The van der Waals surface area contributed by atoms with E-state index in [0.717, 1.165) is 5.56 Å². The molecule has 0 saturated heterocycles. The van der Waals surface area contributed by atoms with Crippen molar-refractivity contribution in [3.8, 4) is 23.3 Å². The summed E-state index contributed by atoms with van der Waals surface area (Å²) in [6.07, 6.45) is 3.52. The average molecular weight is 336 g/mol. The van der Waals surface area contributed by atoms with Crippen molar-refractivity contribution in [2.45, 2.75) is 19.9 Å². The normalized spacial score (nSPS) is 13.1. The topological polar surface area (TPSA) is 51.7 Å². The molecule has 1 aliphatic rings. The molecular formula is C20H20N2O3. The summed E-state index contributed by atoms with van der Waals surface area (Å²) < 4.78 is 10.6. The Balaban J connectivity index is 1.78. The van der Waals surface area contributed by atoms with Crippen molar-refractivity contribution in [3.63, 3.8) is 0 Å². The standard InChI is InChI=1S/C20H20N2O3/c1-14(2)20(16-5-4-10-21-12-16)22(3)19(23)9-7-15-6-8-17-18(11-15)25-13-24-17/h4-6,8,10-12,14,20H,13H2,1-3H3/t20-/m1/s1. The van der Waals surface area contributed by atoms with Gasteiger partial charge in [-0.15, -0.1) is 0 Å². The Morgan fingerprint density at radius 3 is 2.76 bits per heavy atom. The fraction of sp³-hybridized carbons (Fsp3) is 0.300. The van der Waals surface area contributed by atoms with Gasteiger partial charge in [-0.3, -0.25) is 9.78 Å². The summed E-state index contributed by atoms with van der Waals surface area (Å²) in [6, 6.07) is 9.17. The maximum absolute atomic E-state index is 12.5. The van der Waals surface area contributed by atoms with Crippen LogP contribution in [0.3, 0.4) is 0 Å². The minimum Gasteiger partial charge on any atom is -0.454 e. The van der Waals surface area contributed by atoms with E-state index in [4.69, 9.17) is 9.47 Å². The molecule has 25 heavy (non-hydrogen) atoms. The van der Waals surface area contributed by atoms with E-state index in [1.54, 1.807) is 36.5 Å². The van der Waals surface area contributed by atoms with E-state index in [-0.39, 0.29) is 24.7 Å². The highest BCUT2D eigenvalue weighted by molar-refractivity contribution is 5.94. The number of hydrogen-bond donors (Lipinski definition) is 0. The zero-order valence-corrected chi connectivity index (χ0v) is 14.5. The van der Waals surface area contributed by atoms with Crippen molar-refractivity contribution in [3.05, 3.63) is 53.9 Å². The van der Waals surface area contributed by atoms with Gasteiger partial charge in [-0.1, -0.05) is 25.8 Å². The van der Waals surface area contributed by atoms with Crippen LogP contribution in [-0.2, 0) is 4.79 Å². The molecule has 1 aliphatic heterocycles. The quantitative estimate of drug-likeness (QED) is 0.809. The molecule has 3 rings (SSSR count). The first-order valence-electron chi connectivity index (χ1n) is 8.14. The van der Waals surface area contributed by atoms with Crippen molar-refractivity contribution in [2.75, 3.05) is 13.8 Å². The predicted octanol–water partition coefficient (Wildman–Crippen LogP) is 3.02. The minimum absolute atomic E-state index is 0.0766. The summed E-state index contributed by atoms with van der Waals surface area (Å²) in [6.45, 7) is 4.37. The molecule has 0 saturated carbocycles. The van der Waals surface area contributed by atoms with Gasteiger partial charge in [0, 0.05) is 30.9 Å². The van der Waals surface area contributed by atoms with Crippen molar-refractivity contribution < 1.29 is 14.3 Å². The summed E-state index contributed by atoms with van der Waals surface area (Å²) in [7, 11) is 1.77. The summed E-state index contributed by atoms with van der Waals surface area (Å²) >= 11 is 0. The van der Waals surface area contributed by atoms with Gasteiger partial charge >= 0.3 is 0 Å². The smallest absolute Gasteiger partial charge is 0.299 e. The Morgan fingerprint density at radius 2 is 2.04 bits per heavy atom. The van der Waals surface area contributed by atoms with E-state index in [1.165, 1.54) is 0 Å². The lowest BCUT2D eigenvalue weighted by molar-refractivity contribution is -0.126. The molecule has 1 aromatic heterocycles. The third kappa shape index (κ3) is 3.74. The van der Waals surface area contributed by atoms with Crippen molar-refractivity contribution >= 4 is 5.91 Å². The number of ether oxygens (including phenoxy) is 2. The molecule has 0 N–H and O–H groups in total. The Bertz CT molecular complexity index is 822. The van der Waals surface area contributed by atoms with E-state index in [1.807, 2.05) is 18.2 Å². The predicted molar refractivity (Wildman–Crippen MR) is 94.0 cm³/mol. The number of fused-ring (bicyclic) bond motifs is 1. The second-order valence-corrected chi connectivity index (χ2v) is 6.21. The Morgan fingerprint density at radius 1 is 1.24 bits per heavy atom. The first-order valence-corrected chi connectivity index (χ1v) is 8.14. The van der Waals surface area contributed by atoms with Gasteiger partial charge in [-0.25, -0.2) is 0 Å². The SMILES string of the molecule is CC(C)[C@H](c1cccnc1)N(C)C(=O)C#Cc1ccc2c(c1)OCO2. The molecule has 0 fully saturated rings. The van der Waals surface area contributed by atoms with Crippen LogP contribution < -0.4 is 9.47 Å². The fourth-order valence-corrected chi connectivity index (χ4v) is 2.92. The largest absolute Gasteiger partial charge is 0.454 e. The Labute approximate surface area is 147 Å². The van der Waals surface area contributed by atoms with E-state index < -0.39 is 0 Å². The monoisotopic (exact) mass is 336 g/mol. The maximum Gasteiger partial charge on any atom is 0.299 e. The summed E-state index contributed by atoms with van der Waals surface area (Å²) in [5.41, 5.74) is 1.71. The van der Waals surface area contributed by atoms with Crippen LogP contribution in [0.4, 0.5) is 0 Å². The van der Waals surface area contributed by atoms with Crippen LogP contribution in [0.1, 0.15) is 31.0 Å². The number of aromatic nitrogens is 1. The molecule has 5 nitrogen and oxygen atoms in total. The molecular weight excluding hydrogens is 316 g/mol. The van der Waals surface area contributed by atoms with Gasteiger partial charge in [0.25, 0.3) is 5.91 Å². The molecule has 5 heteroatoms. The Kier molecular flexibility index (Phi) is 4.90. The molecule has 128 valence electrons. The van der Waals surface area contributed by atoms with E-state index in [9.17, 15) is 4.79 Å². The number of nitrogens with zero attached hydrogens (tertiary/aromatic N) is 2. The number of rotatable bonds is 3. The van der Waals surface area contributed by atoms with Crippen LogP contribution in [0, 0.1) is 17.8 Å². The number of hydrogen-bond acceptors (Lipinski definition) is 4. The van der Waals surface area contributed by atoms with Crippen molar-refractivity contribution in [1.29, 1.82) is 0 Å². The zero-order chi connectivity index (χ0) is 17.8. The maximum atomic E-state index is 12.5. The van der Waals surface area contributed by atoms with Gasteiger partial charge < -0.3 is 14.4 Å². The number of pyridine rings is 1. The Hall–Kier alpha value is -3.00. The van der Waals surface area contributed by atoms with Gasteiger partial charge in [0.2, 0.25) is 6.79 Å². The number of carbonyl (C=O) groups is 1. The third-order valence-electron chi connectivity index (χ3n) is 4.08. The molecule has 1 amide bonds. The van der Waals surface area contributed by atoms with Crippen molar-refractivity contribution in [1.82, 2.24) is 9.88 Å². The molecule has 1 atom stereocenters. The zero-order valence-electron chi connectivity index (χ0n) is 14.5. The van der Waals surface area contributed by atoms with E-state index in [2.05, 4.69) is 30.7 Å². The highest BCUT2D eigenvalue weighted by atomic mass is 16.7. The van der Waals surface area contributed by atoms with Gasteiger partial charge in [0.1, 0.15) is 0 Å². The highest BCUT2D eigenvalue weighted by Gasteiger charge is 2.24. The molecule has 2 aromatic rings. The summed E-state index contributed by atoms with van der Waals surface area (Å²) in [4.78, 5) is 18.4. The first kappa shape index (κ1) is 16.8. The third-order valence-corrected chi connectivity index (χ3v) is 4.08. The average Bonchev–Trinajstić information content (AvgIpc) is 3.08. The summed E-state index contributed by atoms with van der Waals surface area (Å²) in [5.74, 6) is 6.98. The van der Waals surface area contributed by atoms with Crippen LogP contribution in [0.25, 0.3) is 0 Å².